The molecule has 0 aliphatic rings. The summed E-state index contributed by atoms with van der Waals surface area (Å²) in [5.74, 6) is -1.12. The summed E-state index contributed by atoms with van der Waals surface area (Å²) in [6.07, 6.45) is 0. The molecule has 28 heavy (non-hydrogen) atoms. The zero-order valence-corrected chi connectivity index (χ0v) is 16.3. The van der Waals surface area contributed by atoms with Gasteiger partial charge in [0.2, 0.25) is 5.91 Å². The molecule has 7 nitrogen and oxygen atoms in total. The fourth-order valence-corrected chi connectivity index (χ4v) is 3.51. The molecule has 3 rings (SSSR count). The van der Waals surface area contributed by atoms with Gasteiger partial charge in [-0.2, -0.15) is 0 Å². The highest BCUT2D eigenvalue weighted by molar-refractivity contribution is 7.18. The molecular weight excluding hydrogens is 378 g/mol. The largest absolute Gasteiger partial charge is 0.452 e. The topological polar surface area (TPSA) is 88.6 Å². The average molecular weight is 397 g/mol. The van der Waals surface area contributed by atoms with E-state index in [1.807, 2.05) is 24.3 Å². The fraction of sp³-hybridized carbons (Fsp3) is 0.200. The summed E-state index contributed by atoms with van der Waals surface area (Å²) in [6, 6.07) is 14.0. The van der Waals surface area contributed by atoms with Crippen LogP contribution >= 0.6 is 11.3 Å². The summed E-state index contributed by atoms with van der Waals surface area (Å²) >= 11 is 1.53. The van der Waals surface area contributed by atoms with E-state index in [1.165, 1.54) is 35.3 Å². The van der Waals surface area contributed by atoms with Crippen molar-refractivity contribution in [2.75, 3.05) is 19.0 Å². The number of carbonyl (C=O) groups excluding carboxylic acids is 3. The number of anilines is 1. The molecule has 0 aliphatic heterocycles. The summed E-state index contributed by atoms with van der Waals surface area (Å²) in [4.78, 5) is 41.3. The molecule has 0 saturated carbocycles. The molecule has 1 N–H and O–H groups in total. The van der Waals surface area contributed by atoms with Crippen molar-refractivity contribution in [1.82, 2.24) is 9.88 Å². The Balaban J connectivity index is 1.52. The maximum absolute atomic E-state index is 12.3. The predicted octanol–water partition coefficient (Wildman–Crippen LogP) is 3.07. The third-order valence-electron chi connectivity index (χ3n) is 3.90. The molecule has 0 bridgehead atoms. The maximum atomic E-state index is 12.3. The second-order valence-electron chi connectivity index (χ2n) is 6.16. The van der Waals surface area contributed by atoms with Crippen LogP contribution in [0.25, 0.3) is 10.2 Å². The SMILES string of the molecule is CC(=O)Nc1ccc(C(=O)OCC(=O)N(C)Cc2nc3ccccc3s2)cc1. The zero-order valence-electron chi connectivity index (χ0n) is 15.5. The number of nitrogens with zero attached hydrogens (tertiary/aromatic N) is 2. The van der Waals surface area contributed by atoms with E-state index in [4.69, 9.17) is 4.74 Å². The molecule has 1 aromatic heterocycles. The first kappa shape index (κ1) is 19.5. The van der Waals surface area contributed by atoms with E-state index >= 15 is 0 Å². The number of fused-ring (bicyclic) bond motifs is 1. The van der Waals surface area contributed by atoms with Crippen molar-refractivity contribution < 1.29 is 19.1 Å². The third-order valence-corrected chi connectivity index (χ3v) is 4.93. The van der Waals surface area contributed by atoms with Crippen molar-refractivity contribution in [2.24, 2.45) is 0 Å². The summed E-state index contributed by atoms with van der Waals surface area (Å²) in [7, 11) is 1.64. The lowest BCUT2D eigenvalue weighted by atomic mass is 10.2. The Morgan fingerprint density at radius 3 is 2.50 bits per heavy atom. The Morgan fingerprint density at radius 1 is 1.11 bits per heavy atom. The number of thiazole rings is 1. The van der Waals surface area contributed by atoms with Crippen LogP contribution in [-0.2, 0) is 20.9 Å². The Morgan fingerprint density at radius 2 is 1.82 bits per heavy atom. The van der Waals surface area contributed by atoms with Crippen LogP contribution < -0.4 is 5.32 Å². The van der Waals surface area contributed by atoms with E-state index in [9.17, 15) is 14.4 Å². The van der Waals surface area contributed by atoms with Crippen LogP contribution in [0.5, 0.6) is 0 Å². The molecule has 0 fully saturated rings. The molecule has 144 valence electrons. The van der Waals surface area contributed by atoms with Crippen LogP contribution in [0.1, 0.15) is 22.3 Å². The molecule has 0 atom stereocenters. The molecule has 0 spiro atoms. The Bertz CT molecular complexity index is 981. The number of para-hydroxylation sites is 1. The van der Waals surface area contributed by atoms with E-state index in [0.717, 1.165) is 15.2 Å². The molecule has 2 aromatic carbocycles. The molecule has 1 heterocycles. The van der Waals surface area contributed by atoms with Gasteiger partial charge in [0.15, 0.2) is 6.61 Å². The summed E-state index contributed by atoms with van der Waals surface area (Å²) < 4.78 is 6.16. The number of amides is 2. The van der Waals surface area contributed by atoms with Gasteiger partial charge in [0, 0.05) is 19.7 Å². The molecule has 8 heteroatoms. The lowest BCUT2D eigenvalue weighted by Gasteiger charge is -2.15. The van der Waals surface area contributed by atoms with Crippen LogP contribution in [0.3, 0.4) is 0 Å². The Hall–Kier alpha value is -3.26. The second-order valence-corrected chi connectivity index (χ2v) is 7.27. The fourth-order valence-electron chi connectivity index (χ4n) is 2.49. The summed E-state index contributed by atoms with van der Waals surface area (Å²) in [6.45, 7) is 1.40. The van der Waals surface area contributed by atoms with Crippen molar-refractivity contribution in [3.05, 3.63) is 59.1 Å². The van der Waals surface area contributed by atoms with Gasteiger partial charge in [0.05, 0.1) is 22.3 Å². The number of carbonyl (C=O) groups is 3. The Labute approximate surface area is 165 Å². The maximum Gasteiger partial charge on any atom is 0.338 e. The number of esters is 1. The van der Waals surface area contributed by atoms with Crippen molar-refractivity contribution in [3.8, 4) is 0 Å². The lowest BCUT2D eigenvalue weighted by molar-refractivity contribution is -0.133. The molecule has 3 aromatic rings. The standard InChI is InChI=1S/C20H19N3O4S/c1-13(24)21-15-9-7-14(8-10-15)20(26)27-12-19(25)23(2)11-18-22-16-5-3-4-6-17(16)28-18/h3-10H,11-12H2,1-2H3,(H,21,24). The minimum absolute atomic E-state index is 0.197. The van der Waals surface area contributed by atoms with E-state index in [1.54, 1.807) is 19.2 Å². The summed E-state index contributed by atoms with van der Waals surface area (Å²) in [5.41, 5.74) is 1.78. The first-order valence-electron chi connectivity index (χ1n) is 8.55. The molecule has 0 radical (unpaired) electrons. The molecule has 0 unspecified atom stereocenters. The minimum Gasteiger partial charge on any atom is -0.452 e. The number of hydrogen-bond acceptors (Lipinski definition) is 6. The average Bonchev–Trinajstić information content (AvgIpc) is 3.08. The number of ether oxygens (including phenoxy) is 1. The van der Waals surface area contributed by atoms with Crippen molar-refractivity contribution in [2.45, 2.75) is 13.5 Å². The van der Waals surface area contributed by atoms with E-state index < -0.39 is 5.97 Å². The van der Waals surface area contributed by atoms with Gasteiger partial charge >= 0.3 is 5.97 Å². The minimum atomic E-state index is -0.601. The van der Waals surface area contributed by atoms with Gasteiger partial charge in [-0.1, -0.05) is 12.1 Å². The highest BCUT2D eigenvalue weighted by Crippen LogP contribution is 2.22. The van der Waals surface area contributed by atoms with Gasteiger partial charge in [-0.15, -0.1) is 11.3 Å². The first-order chi connectivity index (χ1) is 13.4. The van der Waals surface area contributed by atoms with Crippen LogP contribution in [0, 0.1) is 0 Å². The van der Waals surface area contributed by atoms with Gasteiger partial charge in [0.1, 0.15) is 5.01 Å². The smallest absolute Gasteiger partial charge is 0.338 e. The summed E-state index contributed by atoms with van der Waals surface area (Å²) in [5, 5.41) is 3.43. The number of likely N-dealkylation sites (N-methyl/N-ethyl adjacent to an activating group) is 1. The first-order valence-corrected chi connectivity index (χ1v) is 9.37. The number of hydrogen-bond donors (Lipinski definition) is 1. The van der Waals surface area contributed by atoms with Gasteiger partial charge < -0.3 is 15.0 Å². The van der Waals surface area contributed by atoms with Gasteiger partial charge in [-0.3, -0.25) is 9.59 Å². The van der Waals surface area contributed by atoms with Gasteiger partial charge in [-0.05, 0) is 36.4 Å². The second kappa shape index (κ2) is 8.62. The van der Waals surface area contributed by atoms with Gasteiger partial charge in [0.25, 0.3) is 5.91 Å². The third kappa shape index (κ3) is 4.92. The highest BCUT2D eigenvalue weighted by atomic mass is 32.1. The number of aromatic nitrogens is 1. The lowest BCUT2D eigenvalue weighted by Crippen LogP contribution is -2.30. The Kier molecular flexibility index (Phi) is 6.00. The van der Waals surface area contributed by atoms with Crippen molar-refractivity contribution in [3.63, 3.8) is 0 Å². The molecule has 0 aliphatic carbocycles. The van der Waals surface area contributed by atoms with E-state index in [-0.39, 0.29) is 18.4 Å². The van der Waals surface area contributed by atoms with Crippen LogP contribution in [-0.4, -0.2) is 41.3 Å². The normalized spacial score (nSPS) is 10.5. The molecule has 0 saturated heterocycles. The van der Waals surface area contributed by atoms with E-state index in [2.05, 4.69) is 10.3 Å². The van der Waals surface area contributed by atoms with Crippen LogP contribution in [0.2, 0.25) is 0 Å². The van der Waals surface area contributed by atoms with Crippen LogP contribution in [0.4, 0.5) is 5.69 Å². The van der Waals surface area contributed by atoms with Crippen molar-refractivity contribution in [1.29, 1.82) is 0 Å². The van der Waals surface area contributed by atoms with E-state index in [0.29, 0.717) is 17.8 Å². The number of rotatable bonds is 6. The highest BCUT2D eigenvalue weighted by Gasteiger charge is 2.15. The number of benzene rings is 2. The quantitative estimate of drug-likeness (QED) is 0.646. The van der Waals surface area contributed by atoms with Crippen molar-refractivity contribution >= 4 is 45.0 Å². The number of nitrogens with one attached hydrogen (secondary N) is 1. The molecule has 2 amide bonds. The molecular formula is C20H19N3O4S. The zero-order chi connectivity index (χ0) is 20.1. The van der Waals surface area contributed by atoms with Gasteiger partial charge in [-0.25, -0.2) is 9.78 Å². The van der Waals surface area contributed by atoms with Crippen LogP contribution in [0.15, 0.2) is 48.5 Å². The monoisotopic (exact) mass is 397 g/mol. The predicted molar refractivity (Wildman–Crippen MR) is 107 cm³/mol.